The van der Waals surface area contributed by atoms with Gasteiger partial charge in [-0.15, -0.1) is 0 Å². The normalized spacial score (nSPS) is 10.6. The first kappa shape index (κ1) is 24.8. The number of nitrogens with zero attached hydrogens (tertiary/aromatic N) is 1. The second kappa shape index (κ2) is 11.3. The van der Waals surface area contributed by atoms with Gasteiger partial charge in [-0.1, -0.05) is 18.2 Å². The van der Waals surface area contributed by atoms with Crippen molar-refractivity contribution in [2.45, 2.75) is 13.8 Å². The third-order valence-electron chi connectivity index (χ3n) is 5.22. The maximum Gasteiger partial charge on any atom is 0.255 e. The SMILES string of the molecule is COc1ccc(NC(=O)c2ccc(-c3ccc(NC(C)=O)cc3C)cc2)cc1OCCN(C)C. The molecule has 0 radical (unpaired) electrons. The van der Waals surface area contributed by atoms with Crippen LogP contribution in [0, 0.1) is 6.92 Å². The van der Waals surface area contributed by atoms with E-state index in [-0.39, 0.29) is 11.8 Å². The molecule has 0 aliphatic rings. The van der Waals surface area contributed by atoms with E-state index in [0.29, 0.717) is 29.4 Å². The fourth-order valence-corrected chi connectivity index (χ4v) is 3.48. The fraction of sp³-hybridized carbons (Fsp3) is 0.259. The molecule has 3 aromatic rings. The molecule has 0 saturated carbocycles. The Balaban J connectivity index is 1.71. The molecule has 0 saturated heterocycles. The second-order valence-electron chi connectivity index (χ2n) is 8.26. The lowest BCUT2D eigenvalue weighted by atomic mass is 9.99. The fourth-order valence-electron chi connectivity index (χ4n) is 3.48. The minimum absolute atomic E-state index is 0.105. The summed E-state index contributed by atoms with van der Waals surface area (Å²) in [6, 6.07) is 18.5. The summed E-state index contributed by atoms with van der Waals surface area (Å²) >= 11 is 0. The van der Waals surface area contributed by atoms with Gasteiger partial charge in [0.25, 0.3) is 5.91 Å². The van der Waals surface area contributed by atoms with Crippen LogP contribution in [-0.2, 0) is 4.79 Å². The van der Waals surface area contributed by atoms with Gasteiger partial charge in [-0.3, -0.25) is 9.59 Å². The molecule has 7 heteroatoms. The van der Waals surface area contributed by atoms with E-state index in [9.17, 15) is 9.59 Å². The molecule has 0 aliphatic heterocycles. The molecule has 178 valence electrons. The molecule has 0 bridgehead atoms. The zero-order chi connectivity index (χ0) is 24.7. The summed E-state index contributed by atoms with van der Waals surface area (Å²) in [5, 5.41) is 5.71. The number of rotatable bonds is 9. The highest BCUT2D eigenvalue weighted by Gasteiger charge is 2.11. The van der Waals surface area contributed by atoms with Crippen LogP contribution < -0.4 is 20.1 Å². The number of hydrogen-bond donors (Lipinski definition) is 2. The molecular formula is C27H31N3O4. The monoisotopic (exact) mass is 461 g/mol. The van der Waals surface area contributed by atoms with Crippen LogP contribution in [0.3, 0.4) is 0 Å². The predicted molar refractivity (Wildman–Crippen MR) is 136 cm³/mol. The number of methoxy groups -OCH3 is 1. The number of aryl methyl sites for hydroxylation is 1. The van der Waals surface area contributed by atoms with Crippen molar-refractivity contribution in [1.82, 2.24) is 4.90 Å². The maximum absolute atomic E-state index is 12.8. The molecule has 0 aromatic heterocycles. The smallest absolute Gasteiger partial charge is 0.255 e. The summed E-state index contributed by atoms with van der Waals surface area (Å²) in [5.74, 6) is 0.872. The molecule has 3 aromatic carbocycles. The summed E-state index contributed by atoms with van der Waals surface area (Å²) in [6.07, 6.45) is 0. The Morgan fingerprint density at radius 3 is 2.18 bits per heavy atom. The molecular weight excluding hydrogens is 430 g/mol. The van der Waals surface area contributed by atoms with E-state index in [1.165, 1.54) is 6.92 Å². The highest BCUT2D eigenvalue weighted by Crippen LogP contribution is 2.31. The Labute approximate surface area is 200 Å². The van der Waals surface area contributed by atoms with Crippen molar-refractivity contribution >= 4 is 23.2 Å². The van der Waals surface area contributed by atoms with Gasteiger partial charge in [0.1, 0.15) is 6.61 Å². The Hall–Kier alpha value is -3.84. The first-order valence-electron chi connectivity index (χ1n) is 11.0. The quantitative estimate of drug-likeness (QED) is 0.478. The van der Waals surface area contributed by atoms with E-state index >= 15 is 0 Å². The number of carbonyl (C=O) groups is 2. The van der Waals surface area contributed by atoms with E-state index in [4.69, 9.17) is 9.47 Å². The zero-order valence-corrected chi connectivity index (χ0v) is 20.3. The Kier molecular flexibility index (Phi) is 8.27. The number of carbonyl (C=O) groups excluding carboxylic acids is 2. The van der Waals surface area contributed by atoms with Gasteiger partial charge in [0.2, 0.25) is 5.91 Å². The molecule has 0 heterocycles. The van der Waals surface area contributed by atoms with Crippen LogP contribution in [0.1, 0.15) is 22.8 Å². The standard InChI is InChI=1S/C27H31N3O4/c1-18-16-22(28-19(2)31)10-12-24(18)20-6-8-21(9-7-20)27(32)29-23-11-13-25(33-5)26(17-23)34-15-14-30(3)4/h6-13,16-17H,14-15H2,1-5H3,(H,28,31)(H,29,32). The van der Waals surface area contributed by atoms with Gasteiger partial charge in [-0.25, -0.2) is 0 Å². The van der Waals surface area contributed by atoms with E-state index in [0.717, 1.165) is 28.9 Å². The highest BCUT2D eigenvalue weighted by atomic mass is 16.5. The van der Waals surface area contributed by atoms with Gasteiger partial charge in [-0.2, -0.15) is 0 Å². The number of likely N-dealkylation sites (N-methyl/N-ethyl adjacent to an activating group) is 1. The minimum atomic E-state index is -0.214. The summed E-state index contributed by atoms with van der Waals surface area (Å²) < 4.78 is 11.2. The van der Waals surface area contributed by atoms with Crippen LogP contribution in [0.2, 0.25) is 0 Å². The third kappa shape index (κ3) is 6.59. The van der Waals surface area contributed by atoms with Gasteiger partial charge in [0.15, 0.2) is 11.5 Å². The van der Waals surface area contributed by atoms with Gasteiger partial charge >= 0.3 is 0 Å². The van der Waals surface area contributed by atoms with Crippen molar-refractivity contribution in [2.75, 3.05) is 45.0 Å². The van der Waals surface area contributed by atoms with Gasteiger partial charge in [0, 0.05) is 36.5 Å². The molecule has 7 nitrogen and oxygen atoms in total. The van der Waals surface area contributed by atoms with Crippen LogP contribution in [0.15, 0.2) is 60.7 Å². The van der Waals surface area contributed by atoms with Crippen molar-refractivity contribution in [1.29, 1.82) is 0 Å². The lowest BCUT2D eigenvalue weighted by molar-refractivity contribution is -0.114. The Bertz CT molecular complexity index is 1160. The largest absolute Gasteiger partial charge is 0.493 e. The van der Waals surface area contributed by atoms with E-state index in [1.54, 1.807) is 37.4 Å². The number of anilines is 2. The molecule has 0 atom stereocenters. The maximum atomic E-state index is 12.8. The molecule has 0 unspecified atom stereocenters. The summed E-state index contributed by atoms with van der Waals surface area (Å²) in [5.41, 5.74) is 4.99. The van der Waals surface area contributed by atoms with Crippen LogP contribution in [0.25, 0.3) is 11.1 Å². The lowest BCUT2D eigenvalue weighted by Gasteiger charge is -2.15. The van der Waals surface area contributed by atoms with E-state index < -0.39 is 0 Å². The van der Waals surface area contributed by atoms with E-state index in [2.05, 4.69) is 10.6 Å². The van der Waals surface area contributed by atoms with Gasteiger partial charge < -0.3 is 25.0 Å². The average molecular weight is 462 g/mol. The first-order chi connectivity index (χ1) is 16.3. The van der Waals surface area contributed by atoms with Crippen LogP contribution in [-0.4, -0.2) is 51.1 Å². The Morgan fingerprint density at radius 2 is 1.56 bits per heavy atom. The van der Waals surface area contributed by atoms with Crippen LogP contribution >= 0.6 is 0 Å². The van der Waals surface area contributed by atoms with Gasteiger partial charge in [0.05, 0.1) is 7.11 Å². The van der Waals surface area contributed by atoms with Crippen LogP contribution in [0.4, 0.5) is 11.4 Å². The number of amides is 2. The summed E-state index contributed by atoms with van der Waals surface area (Å²) in [7, 11) is 5.54. The van der Waals surface area contributed by atoms with Gasteiger partial charge in [-0.05, 0) is 74.1 Å². The molecule has 2 N–H and O–H groups in total. The minimum Gasteiger partial charge on any atom is -0.493 e. The third-order valence-corrected chi connectivity index (χ3v) is 5.22. The Morgan fingerprint density at radius 1 is 0.882 bits per heavy atom. The molecule has 34 heavy (non-hydrogen) atoms. The van der Waals surface area contributed by atoms with Crippen LogP contribution in [0.5, 0.6) is 11.5 Å². The van der Waals surface area contributed by atoms with Crippen molar-refractivity contribution < 1.29 is 19.1 Å². The second-order valence-corrected chi connectivity index (χ2v) is 8.26. The zero-order valence-electron chi connectivity index (χ0n) is 20.3. The number of hydrogen-bond acceptors (Lipinski definition) is 5. The molecule has 2 amide bonds. The van der Waals surface area contributed by atoms with E-state index in [1.807, 2.05) is 56.3 Å². The van der Waals surface area contributed by atoms with Crippen molar-refractivity contribution in [3.05, 3.63) is 71.8 Å². The van der Waals surface area contributed by atoms with Crippen molar-refractivity contribution in [3.8, 4) is 22.6 Å². The predicted octanol–water partition coefficient (Wildman–Crippen LogP) is 4.82. The van der Waals surface area contributed by atoms with Crippen molar-refractivity contribution in [2.24, 2.45) is 0 Å². The molecule has 0 spiro atoms. The molecule has 0 fully saturated rings. The topological polar surface area (TPSA) is 79.9 Å². The number of benzene rings is 3. The summed E-state index contributed by atoms with van der Waals surface area (Å²) in [6.45, 7) is 4.75. The first-order valence-corrected chi connectivity index (χ1v) is 11.0. The summed E-state index contributed by atoms with van der Waals surface area (Å²) in [4.78, 5) is 26.1. The lowest BCUT2D eigenvalue weighted by Crippen LogP contribution is -2.19. The number of nitrogens with one attached hydrogen (secondary N) is 2. The number of ether oxygens (including phenoxy) is 2. The molecule has 3 rings (SSSR count). The van der Waals surface area contributed by atoms with Crippen molar-refractivity contribution in [3.63, 3.8) is 0 Å². The molecule has 0 aliphatic carbocycles. The average Bonchev–Trinajstić information content (AvgIpc) is 2.79. The highest BCUT2D eigenvalue weighted by molar-refractivity contribution is 6.04.